The SMILES string of the molecule is COc1ccc2[nH]cc([C@H](N)C3CCNCC3)c2c1.Cl. The molecular weight excluding hydrogens is 274 g/mol. The minimum atomic E-state index is 0. The Kier molecular flexibility index (Phi) is 4.91. The van der Waals surface area contributed by atoms with Crippen LogP contribution in [0.25, 0.3) is 10.9 Å². The van der Waals surface area contributed by atoms with Gasteiger partial charge in [-0.2, -0.15) is 0 Å². The maximum absolute atomic E-state index is 6.48. The third kappa shape index (κ3) is 2.77. The van der Waals surface area contributed by atoms with E-state index in [-0.39, 0.29) is 18.4 Å². The standard InChI is InChI=1S/C15H21N3O.ClH/c1-19-11-2-3-14-12(8-11)13(9-18-14)15(16)10-4-6-17-7-5-10;/h2-3,8-10,15,17-18H,4-7,16H2,1H3;1H/t15-;/m1./s1. The van der Waals surface area contributed by atoms with Crippen molar-refractivity contribution in [2.75, 3.05) is 20.2 Å². The van der Waals surface area contributed by atoms with Crippen LogP contribution in [0.5, 0.6) is 5.75 Å². The number of hydrogen-bond acceptors (Lipinski definition) is 3. The number of rotatable bonds is 3. The number of aromatic nitrogens is 1. The summed E-state index contributed by atoms with van der Waals surface area (Å²) in [4.78, 5) is 3.31. The summed E-state index contributed by atoms with van der Waals surface area (Å²) >= 11 is 0. The number of H-pyrrole nitrogens is 1. The second kappa shape index (κ2) is 6.48. The van der Waals surface area contributed by atoms with Gasteiger partial charge in [-0.1, -0.05) is 0 Å². The highest BCUT2D eigenvalue weighted by Crippen LogP contribution is 2.33. The molecule has 1 saturated heterocycles. The van der Waals surface area contributed by atoms with Crippen molar-refractivity contribution >= 4 is 23.3 Å². The quantitative estimate of drug-likeness (QED) is 0.815. The van der Waals surface area contributed by atoms with E-state index in [1.807, 2.05) is 12.1 Å². The highest BCUT2D eigenvalue weighted by Gasteiger charge is 2.23. The minimum Gasteiger partial charge on any atom is -0.497 e. The Balaban J connectivity index is 0.00000147. The molecule has 1 fully saturated rings. The maximum atomic E-state index is 6.48. The van der Waals surface area contributed by atoms with Gasteiger partial charge < -0.3 is 20.8 Å². The third-order valence-electron chi connectivity index (χ3n) is 4.17. The highest BCUT2D eigenvalue weighted by atomic mass is 35.5. The summed E-state index contributed by atoms with van der Waals surface area (Å²) in [5, 5.41) is 4.57. The van der Waals surface area contributed by atoms with Crippen LogP contribution in [-0.4, -0.2) is 25.2 Å². The number of benzene rings is 1. The molecule has 2 heterocycles. The molecular formula is C15H22ClN3O. The number of ether oxygens (including phenoxy) is 1. The zero-order chi connectivity index (χ0) is 13.2. The molecule has 1 aliphatic heterocycles. The summed E-state index contributed by atoms with van der Waals surface area (Å²) in [7, 11) is 1.69. The summed E-state index contributed by atoms with van der Waals surface area (Å²) in [6, 6.07) is 6.19. The van der Waals surface area contributed by atoms with Gasteiger partial charge in [0, 0.05) is 23.1 Å². The van der Waals surface area contributed by atoms with E-state index >= 15 is 0 Å². The molecule has 0 unspecified atom stereocenters. The van der Waals surface area contributed by atoms with Crippen LogP contribution in [0.15, 0.2) is 24.4 Å². The van der Waals surface area contributed by atoms with E-state index in [0.717, 1.165) is 37.2 Å². The van der Waals surface area contributed by atoms with Gasteiger partial charge in [-0.3, -0.25) is 0 Å². The Morgan fingerprint density at radius 3 is 2.75 bits per heavy atom. The van der Waals surface area contributed by atoms with Crippen LogP contribution in [0.1, 0.15) is 24.4 Å². The molecule has 1 atom stereocenters. The zero-order valence-electron chi connectivity index (χ0n) is 11.7. The smallest absolute Gasteiger partial charge is 0.119 e. The van der Waals surface area contributed by atoms with E-state index in [1.54, 1.807) is 7.11 Å². The second-order valence-electron chi connectivity index (χ2n) is 5.27. The van der Waals surface area contributed by atoms with Gasteiger partial charge in [-0.15, -0.1) is 12.4 Å². The van der Waals surface area contributed by atoms with Crippen molar-refractivity contribution in [2.45, 2.75) is 18.9 Å². The van der Waals surface area contributed by atoms with E-state index in [4.69, 9.17) is 10.5 Å². The fourth-order valence-electron chi connectivity index (χ4n) is 2.98. The molecule has 4 N–H and O–H groups in total. The highest BCUT2D eigenvalue weighted by molar-refractivity contribution is 5.85. The van der Waals surface area contributed by atoms with Crippen LogP contribution in [0.4, 0.5) is 0 Å². The predicted molar refractivity (Wildman–Crippen MR) is 84.6 cm³/mol. The Hall–Kier alpha value is -1.23. The summed E-state index contributed by atoms with van der Waals surface area (Å²) < 4.78 is 5.31. The molecule has 0 saturated carbocycles. The molecule has 110 valence electrons. The first kappa shape index (κ1) is 15.2. The topological polar surface area (TPSA) is 63.1 Å². The lowest BCUT2D eigenvalue weighted by Crippen LogP contribution is -2.33. The first-order valence-corrected chi connectivity index (χ1v) is 6.91. The molecule has 1 aliphatic rings. The Labute approximate surface area is 125 Å². The fraction of sp³-hybridized carbons (Fsp3) is 0.467. The number of piperidine rings is 1. The van der Waals surface area contributed by atoms with Gasteiger partial charge in [0.25, 0.3) is 0 Å². The van der Waals surface area contributed by atoms with E-state index in [2.05, 4.69) is 22.6 Å². The van der Waals surface area contributed by atoms with Crippen molar-refractivity contribution in [3.8, 4) is 5.75 Å². The number of halogens is 1. The number of hydrogen-bond donors (Lipinski definition) is 3. The number of nitrogens with two attached hydrogens (primary N) is 1. The molecule has 2 aromatic rings. The van der Waals surface area contributed by atoms with Gasteiger partial charge in [0.05, 0.1) is 7.11 Å². The summed E-state index contributed by atoms with van der Waals surface area (Å²) in [5.41, 5.74) is 8.82. The molecule has 1 aromatic heterocycles. The Morgan fingerprint density at radius 2 is 2.05 bits per heavy atom. The van der Waals surface area contributed by atoms with Crippen LogP contribution in [-0.2, 0) is 0 Å². The molecule has 0 spiro atoms. The Morgan fingerprint density at radius 1 is 1.30 bits per heavy atom. The van der Waals surface area contributed by atoms with Gasteiger partial charge in [0.1, 0.15) is 5.75 Å². The lowest BCUT2D eigenvalue weighted by Gasteiger charge is -2.28. The average molecular weight is 296 g/mol. The van der Waals surface area contributed by atoms with E-state index in [0.29, 0.717) is 5.92 Å². The molecule has 5 heteroatoms. The van der Waals surface area contributed by atoms with E-state index < -0.39 is 0 Å². The molecule has 0 bridgehead atoms. The molecule has 3 rings (SSSR count). The summed E-state index contributed by atoms with van der Waals surface area (Å²) in [6.07, 6.45) is 4.35. The van der Waals surface area contributed by atoms with Crippen LogP contribution in [0, 0.1) is 5.92 Å². The average Bonchev–Trinajstić information content (AvgIpc) is 2.90. The molecule has 1 aromatic carbocycles. The molecule has 20 heavy (non-hydrogen) atoms. The van der Waals surface area contributed by atoms with Gasteiger partial charge in [-0.05, 0) is 55.6 Å². The Bertz CT molecular complexity index is 563. The third-order valence-corrected chi connectivity index (χ3v) is 4.17. The molecule has 4 nitrogen and oxygen atoms in total. The number of fused-ring (bicyclic) bond motifs is 1. The summed E-state index contributed by atoms with van der Waals surface area (Å²) in [5.74, 6) is 1.44. The van der Waals surface area contributed by atoms with Crippen LogP contribution in [0.3, 0.4) is 0 Å². The van der Waals surface area contributed by atoms with Gasteiger partial charge >= 0.3 is 0 Å². The van der Waals surface area contributed by atoms with Gasteiger partial charge in [-0.25, -0.2) is 0 Å². The van der Waals surface area contributed by atoms with Crippen LogP contribution in [0.2, 0.25) is 0 Å². The first-order valence-electron chi connectivity index (χ1n) is 6.91. The lowest BCUT2D eigenvalue weighted by atomic mass is 9.86. The van der Waals surface area contributed by atoms with Crippen LogP contribution < -0.4 is 15.8 Å². The van der Waals surface area contributed by atoms with E-state index in [1.165, 1.54) is 10.9 Å². The molecule has 0 amide bonds. The number of aromatic amines is 1. The van der Waals surface area contributed by atoms with Crippen LogP contribution >= 0.6 is 12.4 Å². The monoisotopic (exact) mass is 295 g/mol. The van der Waals surface area contributed by atoms with Crippen molar-refractivity contribution in [2.24, 2.45) is 11.7 Å². The van der Waals surface area contributed by atoms with Crippen molar-refractivity contribution in [1.29, 1.82) is 0 Å². The predicted octanol–water partition coefficient (Wildman–Crippen LogP) is 2.60. The normalized spacial score (nSPS) is 17.7. The number of nitrogens with one attached hydrogen (secondary N) is 2. The fourth-order valence-corrected chi connectivity index (χ4v) is 2.98. The van der Waals surface area contributed by atoms with E-state index in [9.17, 15) is 0 Å². The molecule has 0 radical (unpaired) electrons. The first-order chi connectivity index (χ1) is 9.29. The van der Waals surface area contributed by atoms with Gasteiger partial charge in [0.2, 0.25) is 0 Å². The zero-order valence-corrected chi connectivity index (χ0v) is 12.5. The van der Waals surface area contributed by atoms with Crippen molar-refractivity contribution in [1.82, 2.24) is 10.3 Å². The lowest BCUT2D eigenvalue weighted by molar-refractivity contribution is 0.323. The minimum absolute atomic E-state index is 0. The maximum Gasteiger partial charge on any atom is 0.119 e. The number of methoxy groups -OCH3 is 1. The second-order valence-corrected chi connectivity index (χ2v) is 5.27. The van der Waals surface area contributed by atoms with Crippen molar-refractivity contribution < 1.29 is 4.74 Å². The van der Waals surface area contributed by atoms with Gasteiger partial charge in [0.15, 0.2) is 0 Å². The molecule has 0 aliphatic carbocycles. The summed E-state index contributed by atoms with van der Waals surface area (Å²) in [6.45, 7) is 2.15. The largest absolute Gasteiger partial charge is 0.497 e. The van der Waals surface area contributed by atoms with Crippen molar-refractivity contribution in [3.63, 3.8) is 0 Å². The van der Waals surface area contributed by atoms with Crippen molar-refractivity contribution in [3.05, 3.63) is 30.0 Å².